The Morgan fingerprint density at radius 1 is 0.375 bits per heavy atom. The van der Waals surface area contributed by atoms with Gasteiger partial charge in [-0.1, -0.05) is 142 Å². The second-order valence-corrected chi connectivity index (χ2v) is 9.61. The SMILES string of the molecule is CCCCCCCCCCCCC(O)CO.CCCCCCCCCCCCC(O)CO. The van der Waals surface area contributed by atoms with Gasteiger partial charge in [-0.15, -0.1) is 0 Å². The minimum Gasteiger partial charge on any atom is -0.394 e. The maximum absolute atomic E-state index is 9.13. The average molecular weight is 461 g/mol. The number of aliphatic hydroxyl groups excluding tert-OH is 4. The van der Waals surface area contributed by atoms with Crippen molar-refractivity contribution in [3.63, 3.8) is 0 Å². The van der Waals surface area contributed by atoms with Gasteiger partial charge in [0.25, 0.3) is 0 Å². The lowest BCUT2D eigenvalue weighted by Crippen LogP contribution is -2.10. The highest BCUT2D eigenvalue weighted by Crippen LogP contribution is 2.13. The minimum atomic E-state index is -0.492. The molecule has 0 saturated carbocycles. The van der Waals surface area contributed by atoms with Crippen LogP contribution < -0.4 is 0 Å². The van der Waals surface area contributed by atoms with Crippen LogP contribution in [0.25, 0.3) is 0 Å². The maximum Gasteiger partial charge on any atom is 0.0770 e. The lowest BCUT2D eigenvalue weighted by Gasteiger charge is -2.06. The predicted octanol–water partition coefficient (Wildman–Crippen LogP) is 7.30. The molecule has 0 aromatic carbocycles. The summed E-state index contributed by atoms with van der Waals surface area (Å²) in [5, 5.41) is 35.5. The van der Waals surface area contributed by atoms with E-state index in [0.29, 0.717) is 0 Å². The van der Waals surface area contributed by atoms with Crippen LogP contribution in [0.5, 0.6) is 0 Å². The third kappa shape index (κ3) is 32.0. The summed E-state index contributed by atoms with van der Waals surface area (Å²) < 4.78 is 0. The van der Waals surface area contributed by atoms with Gasteiger partial charge in [-0.05, 0) is 12.8 Å². The van der Waals surface area contributed by atoms with Crippen molar-refractivity contribution in [1.82, 2.24) is 0 Å². The Bertz CT molecular complexity index is 282. The molecule has 0 amide bonds. The normalized spacial score (nSPS) is 12.9. The van der Waals surface area contributed by atoms with Crippen LogP contribution >= 0.6 is 0 Å². The van der Waals surface area contributed by atoms with E-state index < -0.39 is 12.2 Å². The average Bonchev–Trinajstić information content (AvgIpc) is 2.81. The molecule has 0 aromatic rings. The molecule has 0 radical (unpaired) electrons. The van der Waals surface area contributed by atoms with Crippen molar-refractivity contribution in [2.45, 2.75) is 167 Å². The highest BCUT2D eigenvalue weighted by molar-refractivity contribution is 4.54. The molecule has 0 aliphatic heterocycles. The van der Waals surface area contributed by atoms with Crippen LogP contribution in [-0.4, -0.2) is 45.8 Å². The van der Waals surface area contributed by atoms with Gasteiger partial charge in [-0.25, -0.2) is 0 Å². The van der Waals surface area contributed by atoms with Crippen molar-refractivity contribution in [3.05, 3.63) is 0 Å². The zero-order valence-corrected chi connectivity index (χ0v) is 21.9. The fourth-order valence-electron chi connectivity index (χ4n) is 3.92. The first kappa shape index (κ1) is 34.0. The second-order valence-electron chi connectivity index (χ2n) is 9.61. The van der Waals surface area contributed by atoms with E-state index in [4.69, 9.17) is 20.4 Å². The lowest BCUT2D eigenvalue weighted by molar-refractivity contribution is 0.0859. The molecule has 196 valence electrons. The molecule has 2 atom stereocenters. The van der Waals surface area contributed by atoms with E-state index in [9.17, 15) is 0 Å². The van der Waals surface area contributed by atoms with Crippen LogP contribution in [-0.2, 0) is 0 Å². The van der Waals surface area contributed by atoms with Gasteiger partial charge < -0.3 is 20.4 Å². The number of hydrogen-bond acceptors (Lipinski definition) is 4. The Hall–Kier alpha value is -0.160. The molecule has 0 heterocycles. The van der Waals surface area contributed by atoms with E-state index in [1.807, 2.05) is 0 Å². The molecule has 4 heteroatoms. The summed E-state index contributed by atoms with van der Waals surface area (Å²) in [6.45, 7) is 4.33. The van der Waals surface area contributed by atoms with Gasteiger partial charge in [0.2, 0.25) is 0 Å². The van der Waals surface area contributed by atoms with Gasteiger partial charge in [0.05, 0.1) is 25.4 Å². The van der Waals surface area contributed by atoms with Crippen molar-refractivity contribution in [2.75, 3.05) is 13.2 Å². The molecular formula is C28H60O4. The molecule has 0 rings (SSSR count). The van der Waals surface area contributed by atoms with Crippen molar-refractivity contribution >= 4 is 0 Å². The van der Waals surface area contributed by atoms with Crippen LogP contribution in [0, 0.1) is 0 Å². The van der Waals surface area contributed by atoms with Gasteiger partial charge in [-0.3, -0.25) is 0 Å². The van der Waals surface area contributed by atoms with Gasteiger partial charge >= 0.3 is 0 Å². The summed E-state index contributed by atoms with van der Waals surface area (Å²) >= 11 is 0. The molecule has 0 fully saturated rings. The summed E-state index contributed by atoms with van der Waals surface area (Å²) in [4.78, 5) is 0. The fraction of sp³-hybridized carbons (Fsp3) is 1.00. The third-order valence-corrected chi connectivity index (χ3v) is 6.20. The van der Waals surface area contributed by atoms with E-state index in [0.717, 1.165) is 25.7 Å². The predicted molar refractivity (Wildman–Crippen MR) is 139 cm³/mol. The van der Waals surface area contributed by atoms with Gasteiger partial charge in [0, 0.05) is 0 Å². The Morgan fingerprint density at radius 3 is 0.812 bits per heavy atom. The number of unbranched alkanes of at least 4 members (excludes halogenated alkanes) is 18. The first-order valence-electron chi connectivity index (χ1n) is 14.2. The summed E-state index contributed by atoms with van der Waals surface area (Å²) in [5.41, 5.74) is 0. The zero-order valence-electron chi connectivity index (χ0n) is 21.9. The molecule has 0 aromatic heterocycles. The van der Waals surface area contributed by atoms with Gasteiger partial charge in [0.15, 0.2) is 0 Å². The van der Waals surface area contributed by atoms with Crippen molar-refractivity contribution in [1.29, 1.82) is 0 Å². The first-order chi connectivity index (χ1) is 15.6. The van der Waals surface area contributed by atoms with Gasteiger partial charge in [0.1, 0.15) is 0 Å². The lowest BCUT2D eigenvalue weighted by atomic mass is 10.0. The molecule has 2 unspecified atom stereocenters. The standard InChI is InChI=1S/2C14H30O2/c2*1-2-3-4-5-6-7-8-9-10-11-12-14(16)13-15/h2*14-16H,2-13H2,1H3. The fourth-order valence-corrected chi connectivity index (χ4v) is 3.92. The Morgan fingerprint density at radius 2 is 0.594 bits per heavy atom. The third-order valence-electron chi connectivity index (χ3n) is 6.20. The Kier molecular flexibility index (Phi) is 32.8. The van der Waals surface area contributed by atoms with E-state index in [2.05, 4.69) is 13.8 Å². The van der Waals surface area contributed by atoms with E-state index in [-0.39, 0.29) is 13.2 Å². The smallest absolute Gasteiger partial charge is 0.0770 e. The first-order valence-corrected chi connectivity index (χ1v) is 14.2. The number of hydrogen-bond donors (Lipinski definition) is 4. The Labute approximate surface area is 201 Å². The summed E-state index contributed by atoms with van der Waals surface area (Å²) in [6.07, 6.45) is 26.8. The molecule has 0 saturated heterocycles. The van der Waals surface area contributed by atoms with E-state index >= 15 is 0 Å². The number of aliphatic hydroxyl groups is 4. The second kappa shape index (κ2) is 30.8. The minimum absolute atomic E-state index is 0.0859. The molecule has 0 bridgehead atoms. The highest BCUT2D eigenvalue weighted by Gasteiger charge is 2.01. The van der Waals surface area contributed by atoms with Crippen LogP contribution in [0.3, 0.4) is 0 Å². The summed E-state index contributed by atoms with van der Waals surface area (Å²) in [6, 6.07) is 0. The molecule has 0 aliphatic rings. The Balaban J connectivity index is 0. The van der Waals surface area contributed by atoms with Crippen molar-refractivity contribution in [3.8, 4) is 0 Å². The van der Waals surface area contributed by atoms with Crippen molar-refractivity contribution < 1.29 is 20.4 Å². The van der Waals surface area contributed by atoms with Crippen LogP contribution in [0.1, 0.15) is 155 Å². The van der Waals surface area contributed by atoms with Crippen LogP contribution in [0.4, 0.5) is 0 Å². The molecule has 32 heavy (non-hydrogen) atoms. The van der Waals surface area contributed by atoms with Gasteiger partial charge in [-0.2, -0.15) is 0 Å². The zero-order chi connectivity index (χ0) is 24.1. The molecule has 0 aliphatic carbocycles. The van der Waals surface area contributed by atoms with E-state index in [1.54, 1.807) is 0 Å². The highest BCUT2D eigenvalue weighted by atomic mass is 16.3. The van der Waals surface area contributed by atoms with Crippen LogP contribution in [0.15, 0.2) is 0 Å². The largest absolute Gasteiger partial charge is 0.394 e. The maximum atomic E-state index is 9.13. The van der Waals surface area contributed by atoms with Crippen LogP contribution in [0.2, 0.25) is 0 Å². The molecular weight excluding hydrogens is 400 g/mol. The molecule has 0 spiro atoms. The molecule has 4 N–H and O–H groups in total. The van der Waals surface area contributed by atoms with Crippen molar-refractivity contribution in [2.24, 2.45) is 0 Å². The quantitative estimate of drug-likeness (QED) is 0.114. The molecule has 4 nitrogen and oxygen atoms in total. The monoisotopic (exact) mass is 460 g/mol. The topological polar surface area (TPSA) is 80.9 Å². The number of rotatable bonds is 24. The van der Waals surface area contributed by atoms with E-state index in [1.165, 1.54) is 116 Å². The summed E-state index contributed by atoms with van der Waals surface area (Å²) in [7, 11) is 0. The summed E-state index contributed by atoms with van der Waals surface area (Å²) in [5.74, 6) is 0.